The molecule has 1 heterocycles. The molecule has 0 aliphatic heterocycles. The molecular formula is C44H28O. The second-order valence-electron chi connectivity index (χ2n) is 10.9. The van der Waals surface area contributed by atoms with Crippen LogP contribution in [-0.2, 0) is 0 Å². The molecule has 0 aliphatic rings. The smallest absolute Gasteiger partial charge is 0.143 e. The third-order valence-corrected chi connectivity index (χ3v) is 8.44. The fourth-order valence-electron chi connectivity index (χ4n) is 6.57. The summed E-state index contributed by atoms with van der Waals surface area (Å²) in [5.74, 6) is 0. The number of hydrogen-bond acceptors (Lipinski definition) is 1. The van der Waals surface area contributed by atoms with Gasteiger partial charge in [0.05, 0.1) is 13.7 Å². The molecule has 0 N–H and O–H groups in total. The van der Waals surface area contributed by atoms with Gasteiger partial charge in [-0.25, -0.2) is 0 Å². The minimum atomic E-state index is -0.465. The van der Waals surface area contributed by atoms with Crippen LogP contribution in [0.3, 0.4) is 0 Å². The van der Waals surface area contributed by atoms with E-state index in [-0.39, 0.29) is 35.3 Å². The summed E-state index contributed by atoms with van der Waals surface area (Å²) in [7, 11) is 0. The summed E-state index contributed by atoms with van der Waals surface area (Å²) in [6, 6.07) is 31.1. The highest BCUT2D eigenvalue weighted by atomic mass is 16.3. The zero-order valence-electron chi connectivity index (χ0n) is 33.8. The first-order chi connectivity index (χ1) is 26.5. The largest absolute Gasteiger partial charge is 0.455 e. The average molecular weight is 583 g/mol. The van der Waals surface area contributed by atoms with Crippen molar-refractivity contribution in [2.45, 2.75) is 0 Å². The zero-order valence-corrected chi connectivity index (χ0v) is 23.8. The number of rotatable bonds is 4. The Hall–Kier alpha value is -5.92. The normalized spacial score (nSPS) is 14.7. The van der Waals surface area contributed by atoms with Crippen LogP contribution >= 0.6 is 0 Å². The van der Waals surface area contributed by atoms with Crippen LogP contribution in [0.2, 0.25) is 0 Å². The Morgan fingerprint density at radius 1 is 0.400 bits per heavy atom. The minimum absolute atomic E-state index is 0.0608. The molecule has 0 fully saturated rings. The first kappa shape index (κ1) is 17.4. The third kappa shape index (κ3) is 4.09. The molecular weight excluding hydrogens is 544 g/mol. The maximum atomic E-state index is 8.78. The highest BCUT2D eigenvalue weighted by Gasteiger charge is 2.22. The highest BCUT2D eigenvalue weighted by Crippen LogP contribution is 2.48. The van der Waals surface area contributed by atoms with Gasteiger partial charge in [0, 0.05) is 16.3 Å². The lowest BCUT2D eigenvalue weighted by molar-refractivity contribution is 0.670. The maximum absolute atomic E-state index is 8.78. The first-order valence-electron chi connectivity index (χ1n) is 19.6. The molecule has 9 aromatic rings. The van der Waals surface area contributed by atoms with Crippen LogP contribution in [0.5, 0.6) is 0 Å². The van der Waals surface area contributed by atoms with Crippen molar-refractivity contribution in [3.8, 4) is 44.5 Å². The number of hydrogen-bond donors (Lipinski definition) is 0. The Bertz CT molecular complexity index is 3000. The molecule has 1 aromatic heterocycles. The number of fused-ring (bicyclic) bond motifs is 5. The van der Waals surface area contributed by atoms with E-state index in [0.29, 0.717) is 22.3 Å². The summed E-state index contributed by atoms with van der Waals surface area (Å²) < 4.78 is 90.9. The molecule has 0 amide bonds. The Morgan fingerprint density at radius 3 is 1.60 bits per heavy atom. The highest BCUT2D eigenvalue weighted by molar-refractivity contribution is 6.26. The summed E-state index contributed by atoms with van der Waals surface area (Å²) in [4.78, 5) is 0. The van der Waals surface area contributed by atoms with Crippen molar-refractivity contribution < 1.29 is 18.1 Å². The molecule has 0 aliphatic carbocycles. The van der Waals surface area contributed by atoms with E-state index in [0.717, 1.165) is 54.6 Å². The van der Waals surface area contributed by atoms with Crippen LogP contribution in [0.4, 0.5) is 0 Å². The van der Waals surface area contributed by atoms with E-state index in [2.05, 4.69) is 12.1 Å². The van der Waals surface area contributed by atoms with Gasteiger partial charge in [0.2, 0.25) is 0 Å². The fourth-order valence-corrected chi connectivity index (χ4v) is 6.57. The maximum Gasteiger partial charge on any atom is 0.143 e. The van der Waals surface area contributed by atoms with Gasteiger partial charge in [-0.2, -0.15) is 0 Å². The van der Waals surface area contributed by atoms with Gasteiger partial charge in [-0.1, -0.05) is 151 Å². The van der Waals surface area contributed by atoms with E-state index >= 15 is 0 Å². The van der Waals surface area contributed by atoms with Crippen molar-refractivity contribution in [1.29, 1.82) is 0 Å². The number of benzene rings is 8. The molecule has 0 bridgehead atoms. The quantitative estimate of drug-likeness (QED) is 0.188. The summed E-state index contributed by atoms with van der Waals surface area (Å²) in [5.41, 5.74) is 5.55. The molecule has 0 radical (unpaired) electrons. The van der Waals surface area contributed by atoms with Crippen molar-refractivity contribution in [3.63, 3.8) is 0 Å². The van der Waals surface area contributed by atoms with E-state index in [4.69, 9.17) is 18.1 Å². The van der Waals surface area contributed by atoms with E-state index in [1.54, 1.807) is 12.1 Å². The van der Waals surface area contributed by atoms with Crippen molar-refractivity contribution in [2.24, 2.45) is 0 Å². The molecule has 0 saturated carbocycles. The molecule has 210 valence electrons. The summed E-state index contributed by atoms with van der Waals surface area (Å²) in [6.45, 7) is 0. The standard InChI is InChI=1S/C44H28O/c1-3-14-29(15-4-1)31-18-13-19-32(28-31)41-34-20-7-9-22-36(34)42(37-23-10-8-21-35(37)41)39-27-26-33(30-16-5-2-6-17-30)44-43(39)38-24-11-12-25-40(38)45-44/h1-28H/i1D,2D,3D,4D,5D,6D,14D,15D,16D,17D. The second kappa shape index (κ2) is 10.4. The van der Waals surface area contributed by atoms with E-state index in [9.17, 15) is 0 Å². The Kier molecular flexibility index (Phi) is 4.01. The van der Waals surface area contributed by atoms with Crippen LogP contribution in [0.25, 0.3) is 88.0 Å². The van der Waals surface area contributed by atoms with Crippen LogP contribution in [0.15, 0.2) is 174 Å². The average Bonchev–Trinajstić information content (AvgIpc) is 3.60. The summed E-state index contributed by atoms with van der Waals surface area (Å²) in [6.07, 6.45) is 0. The lowest BCUT2D eigenvalue weighted by Gasteiger charge is -2.19. The number of furan rings is 1. The second-order valence-corrected chi connectivity index (χ2v) is 10.9. The molecule has 9 rings (SSSR count). The van der Waals surface area contributed by atoms with Gasteiger partial charge in [0.1, 0.15) is 11.2 Å². The first-order valence-corrected chi connectivity index (χ1v) is 14.6. The van der Waals surface area contributed by atoms with Crippen molar-refractivity contribution in [2.75, 3.05) is 0 Å². The minimum Gasteiger partial charge on any atom is -0.455 e. The molecule has 1 nitrogen and oxygen atoms in total. The monoisotopic (exact) mass is 582 g/mol. The Morgan fingerprint density at radius 2 is 0.933 bits per heavy atom. The van der Waals surface area contributed by atoms with Gasteiger partial charge in [0.15, 0.2) is 0 Å². The van der Waals surface area contributed by atoms with Gasteiger partial charge >= 0.3 is 0 Å². The predicted molar refractivity (Wildman–Crippen MR) is 190 cm³/mol. The van der Waals surface area contributed by atoms with Crippen LogP contribution < -0.4 is 0 Å². The topological polar surface area (TPSA) is 13.1 Å². The summed E-state index contributed by atoms with van der Waals surface area (Å²) in [5, 5.41) is 5.24. The van der Waals surface area contributed by atoms with E-state index in [1.807, 2.05) is 84.9 Å². The van der Waals surface area contributed by atoms with E-state index in [1.165, 1.54) is 0 Å². The molecule has 45 heavy (non-hydrogen) atoms. The summed E-state index contributed by atoms with van der Waals surface area (Å²) >= 11 is 0. The van der Waals surface area contributed by atoms with Crippen LogP contribution in [0, 0.1) is 0 Å². The van der Waals surface area contributed by atoms with E-state index < -0.39 is 36.3 Å². The van der Waals surface area contributed by atoms with Crippen molar-refractivity contribution >= 4 is 43.5 Å². The lowest BCUT2D eigenvalue weighted by Crippen LogP contribution is -1.92. The molecule has 0 atom stereocenters. The van der Waals surface area contributed by atoms with Gasteiger partial charge in [-0.15, -0.1) is 0 Å². The predicted octanol–water partition coefficient (Wildman–Crippen LogP) is 12.6. The molecule has 0 spiro atoms. The van der Waals surface area contributed by atoms with Crippen molar-refractivity contribution in [3.05, 3.63) is 170 Å². The van der Waals surface area contributed by atoms with Gasteiger partial charge in [-0.05, 0) is 78.7 Å². The Labute approximate surface area is 275 Å². The zero-order chi connectivity index (χ0) is 38.4. The van der Waals surface area contributed by atoms with Crippen molar-refractivity contribution in [1.82, 2.24) is 0 Å². The fraction of sp³-hybridized carbons (Fsp3) is 0. The van der Waals surface area contributed by atoms with Gasteiger partial charge in [0.25, 0.3) is 0 Å². The van der Waals surface area contributed by atoms with Gasteiger partial charge in [-0.3, -0.25) is 0 Å². The number of para-hydroxylation sites is 1. The molecule has 0 saturated heterocycles. The molecule has 0 unspecified atom stereocenters. The third-order valence-electron chi connectivity index (χ3n) is 8.44. The molecule has 1 heteroatoms. The van der Waals surface area contributed by atoms with Crippen LogP contribution in [0.1, 0.15) is 13.7 Å². The SMILES string of the molecule is [2H]c1c([2H])c([2H])c(-c2cccc(-c3c4ccccc4c(-c4ccc(-c5c([2H])c([2H])c([2H])c([2H])c5[2H])c5oc6ccccc6c45)c4ccccc34)c2)c([2H])c1[2H]. The lowest BCUT2D eigenvalue weighted by atomic mass is 9.84. The Balaban J connectivity index is 1.37. The van der Waals surface area contributed by atoms with Crippen LogP contribution in [-0.4, -0.2) is 0 Å². The van der Waals surface area contributed by atoms with Gasteiger partial charge < -0.3 is 4.42 Å². The molecule has 8 aromatic carbocycles.